The Balaban J connectivity index is 2.27. The summed E-state index contributed by atoms with van der Waals surface area (Å²) in [4.78, 5) is 16.5. The van der Waals surface area contributed by atoms with Crippen molar-refractivity contribution in [1.82, 2.24) is 0 Å². The fraction of sp³-hybridized carbons (Fsp3) is 0.312. The summed E-state index contributed by atoms with van der Waals surface area (Å²) in [6.45, 7) is 4.88. The van der Waals surface area contributed by atoms with Crippen molar-refractivity contribution in [1.29, 1.82) is 0 Å². The third-order valence-corrected chi connectivity index (χ3v) is 4.34. The van der Waals surface area contributed by atoms with E-state index in [1.165, 1.54) is 4.88 Å². The Kier molecular flexibility index (Phi) is 4.79. The molecule has 3 nitrogen and oxygen atoms in total. The van der Waals surface area contributed by atoms with Crippen LogP contribution in [0, 0.1) is 0 Å². The SMILES string of the molecule is CCCN(C(=O)c1ccc(CC)s1)c1ccc(N)cc1. The maximum absolute atomic E-state index is 12.7. The van der Waals surface area contributed by atoms with Gasteiger partial charge >= 0.3 is 0 Å². The van der Waals surface area contributed by atoms with Crippen molar-refractivity contribution >= 4 is 28.6 Å². The first kappa shape index (κ1) is 14.6. The fourth-order valence-electron chi connectivity index (χ4n) is 2.04. The third-order valence-electron chi connectivity index (χ3n) is 3.12. The van der Waals surface area contributed by atoms with E-state index in [1.807, 2.05) is 41.3 Å². The van der Waals surface area contributed by atoms with Gasteiger partial charge in [-0.25, -0.2) is 0 Å². The van der Waals surface area contributed by atoms with Crippen molar-refractivity contribution in [2.24, 2.45) is 0 Å². The summed E-state index contributed by atoms with van der Waals surface area (Å²) in [5.41, 5.74) is 7.32. The van der Waals surface area contributed by atoms with E-state index in [1.54, 1.807) is 11.3 Å². The van der Waals surface area contributed by atoms with Gasteiger partial charge in [-0.2, -0.15) is 0 Å². The quantitative estimate of drug-likeness (QED) is 0.847. The molecular formula is C16H20N2OS. The molecule has 2 rings (SSSR count). The first-order valence-corrected chi connectivity index (χ1v) is 7.73. The van der Waals surface area contributed by atoms with E-state index in [-0.39, 0.29) is 5.91 Å². The van der Waals surface area contributed by atoms with Crippen molar-refractivity contribution in [3.05, 3.63) is 46.2 Å². The van der Waals surface area contributed by atoms with Crippen molar-refractivity contribution in [2.75, 3.05) is 17.2 Å². The number of hydrogen-bond donors (Lipinski definition) is 1. The zero-order valence-electron chi connectivity index (χ0n) is 11.9. The summed E-state index contributed by atoms with van der Waals surface area (Å²) in [5.74, 6) is 0.0707. The summed E-state index contributed by atoms with van der Waals surface area (Å²) in [6, 6.07) is 11.4. The van der Waals surface area contributed by atoms with Gasteiger partial charge in [-0.05, 0) is 49.2 Å². The van der Waals surface area contributed by atoms with Crippen LogP contribution < -0.4 is 10.6 Å². The molecule has 2 N–H and O–H groups in total. The van der Waals surface area contributed by atoms with Crippen LogP contribution in [-0.2, 0) is 6.42 Å². The molecule has 1 aromatic carbocycles. The number of aryl methyl sites for hydroxylation is 1. The number of benzene rings is 1. The Morgan fingerprint density at radius 1 is 1.15 bits per heavy atom. The van der Waals surface area contributed by atoms with Crippen molar-refractivity contribution in [3.8, 4) is 0 Å². The summed E-state index contributed by atoms with van der Waals surface area (Å²) in [5, 5.41) is 0. The lowest BCUT2D eigenvalue weighted by molar-refractivity contribution is 0.0991. The number of nitrogens with zero attached hydrogens (tertiary/aromatic N) is 1. The van der Waals surface area contributed by atoms with Gasteiger partial charge in [-0.1, -0.05) is 13.8 Å². The zero-order chi connectivity index (χ0) is 14.5. The second kappa shape index (κ2) is 6.57. The molecule has 0 spiro atoms. The zero-order valence-corrected chi connectivity index (χ0v) is 12.7. The highest BCUT2D eigenvalue weighted by Gasteiger charge is 2.18. The van der Waals surface area contributed by atoms with E-state index < -0.39 is 0 Å². The third kappa shape index (κ3) is 3.20. The molecule has 1 aromatic heterocycles. The predicted octanol–water partition coefficient (Wildman–Crippen LogP) is 3.95. The number of nitrogen functional groups attached to an aromatic ring is 1. The first-order chi connectivity index (χ1) is 9.65. The van der Waals surface area contributed by atoms with E-state index in [4.69, 9.17) is 5.73 Å². The number of amides is 1. The summed E-state index contributed by atoms with van der Waals surface area (Å²) in [6.07, 6.45) is 1.88. The Morgan fingerprint density at radius 3 is 2.40 bits per heavy atom. The van der Waals surface area contributed by atoms with E-state index in [0.29, 0.717) is 12.2 Å². The molecule has 4 heteroatoms. The topological polar surface area (TPSA) is 46.3 Å². The van der Waals surface area contributed by atoms with E-state index in [2.05, 4.69) is 13.8 Å². The number of thiophene rings is 1. The van der Waals surface area contributed by atoms with Crippen LogP contribution in [0.1, 0.15) is 34.8 Å². The average Bonchev–Trinajstić information content (AvgIpc) is 2.94. The van der Waals surface area contributed by atoms with Crippen LogP contribution in [0.4, 0.5) is 11.4 Å². The Hall–Kier alpha value is -1.81. The van der Waals surface area contributed by atoms with Gasteiger partial charge < -0.3 is 10.6 Å². The molecule has 0 bridgehead atoms. The van der Waals surface area contributed by atoms with E-state index in [0.717, 1.165) is 23.4 Å². The second-order valence-electron chi connectivity index (χ2n) is 4.67. The Labute approximate surface area is 124 Å². The van der Waals surface area contributed by atoms with Crippen LogP contribution >= 0.6 is 11.3 Å². The standard InChI is InChI=1S/C16H20N2OS/c1-3-11-18(13-7-5-12(17)6-8-13)16(19)15-10-9-14(4-2)20-15/h5-10H,3-4,11,17H2,1-2H3. The van der Waals surface area contributed by atoms with Gasteiger partial charge in [0, 0.05) is 22.8 Å². The molecule has 0 aliphatic carbocycles. The molecule has 0 saturated heterocycles. The number of hydrogen-bond acceptors (Lipinski definition) is 3. The first-order valence-electron chi connectivity index (χ1n) is 6.91. The molecule has 0 saturated carbocycles. The summed E-state index contributed by atoms with van der Waals surface area (Å²) < 4.78 is 0. The minimum Gasteiger partial charge on any atom is -0.399 e. The molecule has 0 radical (unpaired) electrons. The monoisotopic (exact) mass is 288 g/mol. The van der Waals surface area contributed by atoms with Crippen LogP contribution in [0.2, 0.25) is 0 Å². The number of carbonyl (C=O) groups excluding carboxylic acids is 1. The molecule has 0 aliphatic heterocycles. The maximum Gasteiger partial charge on any atom is 0.268 e. The largest absolute Gasteiger partial charge is 0.399 e. The fourth-order valence-corrected chi connectivity index (χ4v) is 2.94. The highest BCUT2D eigenvalue weighted by molar-refractivity contribution is 7.14. The molecular weight excluding hydrogens is 268 g/mol. The van der Waals surface area contributed by atoms with Crippen molar-refractivity contribution < 1.29 is 4.79 Å². The molecule has 0 unspecified atom stereocenters. The maximum atomic E-state index is 12.7. The van der Waals surface area contributed by atoms with Gasteiger partial charge in [0.15, 0.2) is 0 Å². The lowest BCUT2D eigenvalue weighted by Gasteiger charge is -2.21. The number of nitrogens with two attached hydrogens (primary N) is 1. The van der Waals surface area contributed by atoms with Crippen molar-refractivity contribution in [2.45, 2.75) is 26.7 Å². The van der Waals surface area contributed by atoms with Crippen LogP contribution in [0.15, 0.2) is 36.4 Å². The highest BCUT2D eigenvalue weighted by atomic mass is 32.1. The smallest absolute Gasteiger partial charge is 0.268 e. The van der Waals surface area contributed by atoms with E-state index >= 15 is 0 Å². The van der Waals surface area contributed by atoms with Gasteiger partial charge in [0.05, 0.1) is 4.88 Å². The van der Waals surface area contributed by atoms with E-state index in [9.17, 15) is 4.79 Å². The molecule has 2 aromatic rings. The average molecular weight is 288 g/mol. The summed E-state index contributed by atoms with van der Waals surface area (Å²) >= 11 is 1.58. The van der Waals surface area contributed by atoms with Gasteiger partial charge in [-0.15, -0.1) is 11.3 Å². The molecule has 106 valence electrons. The van der Waals surface area contributed by atoms with Crippen LogP contribution in [0.5, 0.6) is 0 Å². The normalized spacial score (nSPS) is 10.5. The number of rotatable bonds is 5. The Bertz CT molecular complexity index is 574. The molecule has 0 aliphatic rings. The van der Waals surface area contributed by atoms with Gasteiger partial charge in [0.1, 0.15) is 0 Å². The predicted molar refractivity (Wildman–Crippen MR) is 86.5 cm³/mol. The molecule has 1 amide bonds. The molecule has 0 fully saturated rings. The Morgan fingerprint density at radius 2 is 1.85 bits per heavy atom. The van der Waals surface area contributed by atoms with Crippen LogP contribution in [0.3, 0.4) is 0 Å². The minimum atomic E-state index is 0.0707. The van der Waals surface area contributed by atoms with Crippen molar-refractivity contribution in [3.63, 3.8) is 0 Å². The summed E-state index contributed by atoms with van der Waals surface area (Å²) in [7, 11) is 0. The van der Waals surface area contributed by atoms with Crippen LogP contribution in [0.25, 0.3) is 0 Å². The number of carbonyl (C=O) groups is 1. The van der Waals surface area contributed by atoms with Crippen LogP contribution in [-0.4, -0.2) is 12.5 Å². The number of anilines is 2. The molecule has 20 heavy (non-hydrogen) atoms. The second-order valence-corrected chi connectivity index (χ2v) is 5.84. The van der Waals surface area contributed by atoms with Gasteiger partial charge in [0.25, 0.3) is 5.91 Å². The van der Waals surface area contributed by atoms with Gasteiger partial charge in [-0.3, -0.25) is 4.79 Å². The molecule has 1 heterocycles. The lowest BCUT2D eigenvalue weighted by Crippen LogP contribution is -2.31. The highest BCUT2D eigenvalue weighted by Crippen LogP contribution is 2.23. The van der Waals surface area contributed by atoms with Gasteiger partial charge in [0.2, 0.25) is 0 Å². The lowest BCUT2D eigenvalue weighted by atomic mass is 10.2. The minimum absolute atomic E-state index is 0.0707. The molecule has 0 atom stereocenters.